The molecular formula is C17H21Cl2NO3. The van der Waals surface area contributed by atoms with Gasteiger partial charge in [0.05, 0.1) is 13.0 Å². The molecule has 0 spiro atoms. The van der Waals surface area contributed by atoms with E-state index in [1.807, 2.05) is 6.92 Å². The molecule has 1 rings (SSSR count). The number of rotatable bonds is 8. The minimum absolute atomic E-state index is 0.165. The second-order valence-electron chi connectivity index (χ2n) is 4.88. The Kier molecular flexibility index (Phi) is 8.74. The Bertz CT molecular complexity index is 573. The predicted molar refractivity (Wildman–Crippen MR) is 93.6 cm³/mol. The third kappa shape index (κ3) is 7.06. The highest BCUT2D eigenvalue weighted by atomic mass is 35.5. The summed E-state index contributed by atoms with van der Waals surface area (Å²) in [4.78, 5) is 25.3. The van der Waals surface area contributed by atoms with Crippen LogP contribution in [-0.2, 0) is 14.3 Å². The van der Waals surface area contributed by atoms with Gasteiger partial charge in [-0.2, -0.15) is 0 Å². The number of benzene rings is 1. The van der Waals surface area contributed by atoms with Gasteiger partial charge in [-0.15, -0.1) is 0 Å². The molecule has 1 aromatic carbocycles. The van der Waals surface area contributed by atoms with E-state index in [2.05, 4.69) is 0 Å². The summed E-state index contributed by atoms with van der Waals surface area (Å²) in [5, 5.41) is 1.02. The number of hydrogen-bond acceptors (Lipinski definition) is 3. The van der Waals surface area contributed by atoms with Crippen molar-refractivity contribution in [3.8, 4) is 0 Å². The fourth-order valence-electron chi connectivity index (χ4n) is 1.96. The third-order valence-electron chi connectivity index (χ3n) is 3.06. The van der Waals surface area contributed by atoms with Gasteiger partial charge in [0.15, 0.2) is 0 Å². The molecule has 0 heterocycles. The Hall–Kier alpha value is -1.52. The zero-order chi connectivity index (χ0) is 17.2. The van der Waals surface area contributed by atoms with Gasteiger partial charge in [0, 0.05) is 29.2 Å². The van der Waals surface area contributed by atoms with Crippen LogP contribution in [0.15, 0.2) is 24.3 Å². The molecule has 0 radical (unpaired) electrons. The largest absolute Gasteiger partial charge is 0.466 e. The molecule has 0 saturated carbocycles. The molecule has 0 unspecified atom stereocenters. The Morgan fingerprint density at radius 3 is 2.57 bits per heavy atom. The number of carbonyl (C=O) groups excluding carboxylic acids is 2. The molecule has 0 bridgehead atoms. The van der Waals surface area contributed by atoms with E-state index < -0.39 is 0 Å². The topological polar surface area (TPSA) is 46.6 Å². The van der Waals surface area contributed by atoms with Crippen molar-refractivity contribution in [2.24, 2.45) is 0 Å². The molecule has 0 aliphatic carbocycles. The van der Waals surface area contributed by atoms with Gasteiger partial charge < -0.3 is 9.64 Å². The van der Waals surface area contributed by atoms with Crippen LogP contribution in [0.5, 0.6) is 0 Å². The number of ether oxygens (including phenoxy) is 1. The van der Waals surface area contributed by atoms with Crippen molar-refractivity contribution in [1.29, 1.82) is 0 Å². The fourth-order valence-corrected chi connectivity index (χ4v) is 2.44. The van der Waals surface area contributed by atoms with Gasteiger partial charge in [0.25, 0.3) is 0 Å². The summed E-state index contributed by atoms with van der Waals surface area (Å²) in [7, 11) is 0. The first-order valence-corrected chi connectivity index (χ1v) is 8.31. The number of nitrogens with zero attached hydrogens (tertiary/aromatic N) is 1. The van der Waals surface area contributed by atoms with Crippen molar-refractivity contribution >= 4 is 41.2 Å². The highest BCUT2D eigenvalue weighted by Crippen LogP contribution is 2.22. The average molecular weight is 358 g/mol. The Balaban J connectivity index is 2.69. The van der Waals surface area contributed by atoms with Crippen LogP contribution >= 0.6 is 23.2 Å². The van der Waals surface area contributed by atoms with E-state index in [4.69, 9.17) is 27.9 Å². The van der Waals surface area contributed by atoms with Crippen LogP contribution < -0.4 is 0 Å². The predicted octanol–water partition coefficient (Wildman–Crippen LogP) is 4.20. The first kappa shape index (κ1) is 19.5. The fraction of sp³-hybridized carbons (Fsp3) is 0.412. The highest BCUT2D eigenvalue weighted by molar-refractivity contribution is 6.35. The van der Waals surface area contributed by atoms with Gasteiger partial charge in [-0.05, 0) is 37.1 Å². The van der Waals surface area contributed by atoms with Crippen LogP contribution in [0.4, 0.5) is 0 Å². The second kappa shape index (κ2) is 10.3. The summed E-state index contributed by atoms with van der Waals surface area (Å²) in [6, 6.07) is 5.08. The lowest BCUT2D eigenvalue weighted by Gasteiger charge is -2.20. The number of esters is 1. The lowest BCUT2D eigenvalue weighted by Crippen LogP contribution is -2.32. The Morgan fingerprint density at radius 1 is 1.22 bits per heavy atom. The van der Waals surface area contributed by atoms with Crippen LogP contribution in [0.1, 0.15) is 32.3 Å². The molecule has 1 aromatic rings. The quantitative estimate of drug-likeness (QED) is 0.517. The van der Waals surface area contributed by atoms with Gasteiger partial charge in [0.2, 0.25) is 5.91 Å². The van der Waals surface area contributed by atoms with E-state index in [0.29, 0.717) is 35.3 Å². The van der Waals surface area contributed by atoms with E-state index in [1.165, 1.54) is 6.08 Å². The van der Waals surface area contributed by atoms with E-state index in [9.17, 15) is 9.59 Å². The summed E-state index contributed by atoms with van der Waals surface area (Å²) in [6.07, 6.45) is 4.10. The van der Waals surface area contributed by atoms with Crippen molar-refractivity contribution in [2.45, 2.75) is 26.7 Å². The van der Waals surface area contributed by atoms with E-state index >= 15 is 0 Å². The summed E-state index contributed by atoms with van der Waals surface area (Å²) >= 11 is 11.9. The van der Waals surface area contributed by atoms with Crippen LogP contribution in [-0.4, -0.2) is 36.5 Å². The summed E-state index contributed by atoms with van der Waals surface area (Å²) in [6.45, 7) is 4.99. The molecule has 0 atom stereocenters. The molecule has 0 aromatic heterocycles. The minimum Gasteiger partial charge on any atom is -0.466 e. The molecule has 0 fully saturated rings. The molecule has 0 N–H and O–H groups in total. The minimum atomic E-state index is -0.300. The van der Waals surface area contributed by atoms with Crippen LogP contribution in [0.3, 0.4) is 0 Å². The van der Waals surface area contributed by atoms with Crippen molar-refractivity contribution in [1.82, 2.24) is 4.90 Å². The first-order valence-electron chi connectivity index (χ1n) is 7.55. The maximum atomic E-state index is 12.3. The molecule has 0 saturated heterocycles. The van der Waals surface area contributed by atoms with Gasteiger partial charge in [-0.25, -0.2) is 0 Å². The normalized spacial score (nSPS) is 10.8. The molecule has 0 aliphatic heterocycles. The zero-order valence-electron chi connectivity index (χ0n) is 13.4. The van der Waals surface area contributed by atoms with Gasteiger partial charge in [0.1, 0.15) is 0 Å². The molecule has 4 nitrogen and oxygen atoms in total. The number of carbonyl (C=O) groups is 2. The SMILES string of the molecule is CCCN(CCC(=O)OCC)C(=O)/C=C/c1ccc(Cl)cc1Cl. The number of amides is 1. The van der Waals surface area contributed by atoms with Crippen molar-refractivity contribution < 1.29 is 14.3 Å². The average Bonchev–Trinajstić information content (AvgIpc) is 2.50. The molecule has 126 valence electrons. The molecule has 6 heteroatoms. The van der Waals surface area contributed by atoms with E-state index in [1.54, 1.807) is 36.1 Å². The van der Waals surface area contributed by atoms with Crippen LogP contribution in [0.2, 0.25) is 10.0 Å². The maximum absolute atomic E-state index is 12.3. The second-order valence-corrected chi connectivity index (χ2v) is 5.72. The van der Waals surface area contributed by atoms with Gasteiger partial charge >= 0.3 is 5.97 Å². The summed E-state index contributed by atoms with van der Waals surface area (Å²) < 4.78 is 4.88. The lowest BCUT2D eigenvalue weighted by molar-refractivity contribution is -0.143. The van der Waals surface area contributed by atoms with Crippen molar-refractivity contribution in [3.63, 3.8) is 0 Å². The van der Waals surface area contributed by atoms with Crippen molar-refractivity contribution in [2.75, 3.05) is 19.7 Å². The first-order chi connectivity index (χ1) is 11.0. The molecular weight excluding hydrogens is 337 g/mol. The smallest absolute Gasteiger partial charge is 0.307 e. The van der Waals surface area contributed by atoms with Crippen LogP contribution in [0, 0.1) is 0 Å². The van der Waals surface area contributed by atoms with Gasteiger partial charge in [-0.1, -0.05) is 36.2 Å². The highest BCUT2D eigenvalue weighted by Gasteiger charge is 2.12. The zero-order valence-corrected chi connectivity index (χ0v) is 14.9. The van der Waals surface area contributed by atoms with E-state index in [-0.39, 0.29) is 18.3 Å². The standard InChI is InChI=1S/C17H21Cl2NO3/c1-3-10-20(11-9-17(22)23-4-2)16(21)8-6-13-5-7-14(18)12-15(13)19/h5-8,12H,3-4,9-11H2,1-2H3/b8-6+. The molecule has 23 heavy (non-hydrogen) atoms. The lowest BCUT2D eigenvalue weighted by atomic mass is 10.2. The Morgan fingerprint density at radius 2 is 1.96 bits per heavy atom. The number of halogens is 2. The summed E-state index contributed by atoms with van der Waals surface area (Å²) in [5.74, 6) is -0.465. The van der Waals surface area contributed by atoms with Crippen molar-refractivity contribution in [3.05, 3.63) is 39.9 Å². The third-order valence-corrected chi connectivity index (χ3v) is 3.63. The van der Waals surface area contributed by atoms with E-state index in [0.717, 1.165) is 6.42 Å². The maximum Gasteiger partial charge on any atom is 0.307 e. The monoisotopic (exact) mass is 357 g/mol. The molecule has 1 amide bonds. The summed E-state index contributed by atoms with van der Waals surface area (Å²) in [5.41, 5.74) is 0.714. The van der Waals surface area contributed by atoms with Gasteiger partial charge in [-0.3, -0.25) is 9.59 Å². The molecule has 0 aliphatic rings. The Labute approximate surface area is 147 Å². The number of hydrogen-bond donors (Lipinski definition) is 0. The van der Waals surface area contributed by atoms with Crippen LogP contribution in [0.25, 0.3) is 6.08 Å².